The topological polar surface area (TPSA) is 100 Å². The van der Waals surface area contributed by atoms with Crippen molar-refractivity contribution < 1.29 is 0 Å². The van der Waals surface area contributed by atoms with Crippen molar-refractivity contribution in [1.82, 2.24) is 18.3 Å². The highest BCUT2D eigenvalue weighted by molar-refractivity contribution is 5.33. The number of anilines is 1. The third-order valence-corrected chi connectivity index (χ3v) is 5.07. The molecule has 0 radical (unpaired) electrons. The summed E-state index contributed by atoms with van der Waals surface area (Å²) >= 11 is 0. The number of aryl methyl sites for hydroxylation is 1. The van der Waals surface area contributed by atoms with Crippen LogP contribution in [0.2, 0.25) is 0 Å². The van der Waals surface area contributed by atoms with Gasteiger partial charge in [-0.3, -0.25) is 23.3 Å². The van der Waals surface area contributed by atoms with Crippen molar-refractivity contribution in [3.63, 3.8) is 0 Å². The molecule has 0 saturated carbocycles. The summed E-state index contributed by atoms with van der Waals surface area (Å²) in [6.07, 6.45) is 5.60. The third kappa shape index (κ3) is 4.90. The second-order valence-electron chi connectivity index (χ2n) is 7.09. The summed E-state index contributed by atoms with van der Waals surface area (Å²) in [4.78, 5) is 47.2. The lowest BCUT2D eigenvalue weighted by molar-refractivity contribution is 0.592. The number of hydrogen-bond donors (Lipinski definition) is 1. The van der Waals surface area contributed by atoms with Gasteiger partial charge in [-0.25, -0.2) is 9.59 Å². The predicted octanol–water partition coefficient (Wildman–Crippen LogP) is 0.0865. The lowest BCUT2D eigenvalue weighted by atomic mass is 10.1. The van der Waals surface area contributed by atoms with E-state index in [1.54, 1.807) is 14.1 Å². The van der Waals surface area contributed by atoms with Crippen LogP contribution in [0.1, 0.15) is 37.8 Å². The van der Waals surface area contributed by atoms with Crippen LogP contribution < -0.4 is 27.8 Å². The maximum absolute atomic E-state index is 11.9. The van der Waals surface area contributed by atoms with Crippen molar-refractivity contribution in [3.8, 4) is 0 Å². The number of nitrogens with one attached hydrogen (secondary N) is 1. The zero-order valence-electron chi connectivity index (χ0n) is 17.0. The fourth-order valence-corrected chi connectivity index (χ4v) is 3.10. The van der Waals surface area contributed by atoms with Crippen molar-refractivity contribution in [3.05, 3.63) is 59.5 Å². The van der Waals surface area contributed by atoms with E-state index in [2.05, 4.69) is 5.32 Å². The number of rotatable bonds is 9. The highest BCUT2D eigenvalue weighted by atomic mass is 16.2. The minimum absolute atomic E-state index is 0.269. The number of unbranched alkanes of at least 4 members (excludes halogenated alkanes) is 4. The number of aromatic nitrogens is 4. The predicted molar refractivity (Wildman–Crippen MR) is 109 cm³/mol. The highest BCUT2D eigenvalue weighted by Gasteiger charge is 2.06. The molecule has 0 aromatic carbocycles. The Kier molecular flexibility index (Phi) is 7.19. The summed E-state index contributed by atoms with van der Waals surface area (Å²) in [6, 6.07) is 2.95. The fraction of sp³-hybridized carbons (Fsp3) is 0.579. The molecule has 0 spiro atoms. The molecule has 0 saturated heterocycles. The van der Waals surface area contributed by atoms with E-state index in [4.69, 9.17) is 0 Å². The zero-order valence-corrected chi connectivity index (χ0v) is 17.0. The highest BCUT2D eigenvalue weighted by Crippen LogP contribution is 2.07. The molecule has 0 fully saturated rings. The van der Waals surface area contributed by atoms with Gasteiger partial charge in [0.2, 0.25) is 0 Å². The van der Waals surface area contributed by atoms with Crippen LogP contribution in [0.5, 0.6) is 0 Å². The lowest BCUT2D eigenvalue weighted by Gasteiger charge is -2.11. The van der Waals surface area contributed by atoms with E-state index in [0.717, 1.165) is 46.9 Å². The molecule has 9 heteroatoms. The summed E-state index contributed by atoms with van der Waals surface area (Å²) in [5.41, 5.74) is -0.467. The molecule has 0 aliphatic rings. The minimum atomic E-state index is -0.347. The maximum atomic E-state index is 11.9. The Bertz CT molecular complexity index is 972. The average molecular weight is 391 g/mol. The first-order valence-corrected chi connectivity index (χ1v) is 9.51. The average Bonchev–Trinajstić information content (AvgIpc) is 2.68. The molecule has 0 aliphatic heterocycles. The van der Waals surface area contributed by atoms with Crippen LogP contribution in [0.4, 0.5) is 5.82 Å². The van der Waals surface area contributed by atoms with Crippen LogP contribution in [0, 0.1) is 0 Å². The van der Waals surface area contributed by atoms with Gasteiger partial charge >= 0.3 is 11.4 Å². The Balaban J connectivity index is 1.71. The standard InChI is InChI=1S/C19H29N5O4/c1-21-14(12-16(25)23(3)18(21)27)10-8-6-5-7-9-11-20-15-13-17(26)24(4)19(28)22(15)2/h12-13,20H,5-11H2,1-4H3. The fourth-order valence-electron chi connectivity index (χ4n) is 3.10. The van der Waals surface area contributed by atoms with Crippen LogP contribution in [0.15, 0.2) is 31.3 Å². The van der Waals surface area contributed by atoms with Gasteiger partial charge in [0, 0.05) is 52.6 Å². The van der Waals surface area contributed by atoms with Crippen LogP contribution in [-0.2, 0) is 34.6 Å². The Hall–Kier alpha value is -2.84. The van der Waals surface area contributed by atoms with Crippen molar-refractivity contribution >= 4 is 5.82 Å². The molecule has 2 aromatic rings. The zero-order chi connectivity index (χ0) is 20.8. The summed E-state index contributed by atoms with van der Waals surface area (Å²) in [5.74, 6) is 0.527. The van der Waals surface area contributed by atoms with Gasteiger partial charge in [0.15, 0.2) is 0 Å². The third-order valence-electron chi connectivity index (χ3n) is 5.07. The van der Waals surface area contributed by atoms with Gasteiger partial charge in [0.1, 0.15) is 5.82 Å². The van der Waals surface area contributed by atoms with Crippen molar-refractivity contribution in [2.75, 3.05) is 11.9 Å². The number of hydrogen-bond acceptors (Lipinski definition) is 5. The van der Waals surface area contributed by atoms with Gasteiger partial charge in [-0.2, -0.15) is 0 Å². The second kappa shape index (κ2) is 9.38. The summed E-state index contributed by atoms with van der Waals surface area (Å²) in [7, 11) is 6.26. The van der Waals surface area contributed by atoms with E-state index in [0.29, 0.717) is 18.8 Å². The molecular formula is C19H29N5O4. The molecule has 2 aromatic heterocycles. The van der Waals surface area contributed by atoms with E-state index >= 15 is 0 Å². The summed E-state index contributed by atoms with van der Waals surface area (Å²) in [6.45, 7) is 0.684. The Labute approximate surface area is 162 Å². The van der Waals surface area contributed by atoms with Crippen LogP contribution in [-0.4, -0.2) is 24.8 Å². The van der Waals surface area contributed by atoms with Gasteiger partial charge in [-0.1, -0.05) is 19.3 Å². The van der Waals surface area contributed by atoms with Crippen molar-refractivity contribution in [2.45, 2.75) is 38.5 Å². The van der Waals surface area contributed by atoms with Gasteiger partial charge < -0.3 is 9.88 Å². The van der Waals surface area contributed by atoms with Crippen LogP contribution in [0.25, 0.3) is 0 Å². The van der Waals surface area contributed by atoms with E-state index in [1.165, 1.54) is 35.4 Å². The van der Waals surface area contributed by atoms with Gasteiger partial charge in [-0.15, -0.1) is 0 Å². The molecule has 0 aliphatic carbocycles. The normalized spacial score (nSPS) is 11.0. The largest absolute Gasteiger partial charge is 0.371 e. The molecule has 9 nitrogen and oxygen atoms in total. The minimum Gasteiger partial charge on any atom is -0.371 e. The first-order chi connectivity index (χ1) is 13.2. The van der Waals surface area contributed by atoms with Gasteiger partial charge in [0.25, 0.3) is 11.1 Å². The molecule has 0 unspecified atom stereocenters. The Morgan fingerprint density at radius 1 is 0.679 bits per heavy atom. The smallest absolute Gasteiger partial charge is 0.332 e. The molecule has 2 rings (SSSR count). The molecule has 0 amide bonds. The van der Waals surface area contributed by atoms with Crippen LogP contribution in [0.3, 0.4) is 0 Å². The first kappa shape index (κ1) is 21.5. The number of nitrogens with zero attached hydrogens (tertiary/aromatic N) is 4. The molecule has 0 bridgehead atoms. The summed E-state index contributed by atoms with van der Waals surface area (Å²) < 4.78 is 5.13. The molecule has 0 atom stereocenters. The molecule has 154 valence electrons. The Morgan fingerprint density at radius 3 is 1.89 bits per heavy atom. The van der Waals surface area contributed by atoms with Gasteiger partial charge in [-0.05, 0) is 19.3 Å². The monoisotopic (exact) mass is 391 g/mol. The molecular weight excluding hydrogens is 362 g/mol. The van der Waals surface area contributed by atoms with E-state index in [1.807, 2.05) is 0 Å². The van der Waals surface area contributed by atoms with Crippen LogP contribution >= 0.6 is 0 Å². The molecule has 2 heterocycles. The van der Waals surface area contributed by atoms with Crippen molar-refractivity contribution in [2.24, 2.45) is 28.2 Å². The molecule has 28 heavy (non-hydrogen) atoms. The first-order valence-electron chi connectivity index (χ1n) is 9.51. The second-order valence-corrected chi connectivity index (χ2v) is 7.09. The van der Waals surface area contributed by atoms with Gasteiger partial charge in [0.05, 0.1) is 0 Å². The van der Waals surface area contributed by atoms with E-state index in [-0.39, 0.29) is 22.5 Å². The SMILES string of the molecule is Cn1c(CCCCCCCNc2cc(=O)n(C)c(=O)n2C)cc(=O)n(C)c1=O. The van der Waals surface area contributed by atoms with E-state index < -0.39 is 0 Å². The quantitative estimate of drug-likeness (QED) is 0.611. The lowest BCUT2D eigenvalue weighted by Crippen LogP contribution is -2.38. The summed E-state index contributed by atoms with van der Waals surface area (Å²) in [5, 5.41) is 3.14. The Morgan fingerprint density at radius 2 is 1.21 bits per heavy atom. The van der Waals surface area contributed by atoms with Crippen molar-refractivity contribution in [1.29, 1.82) is 0 Å². The molecule has 1 N–H and O–H groups in total. The van der Waals surface area contributed by atoms with E-state index in [9.17, 15) is 19.2 Å². The maximum Gasteiger partial charge on any atom is 0.332 e.